The first-order chi connectivity index (χ1) is 15.1. The Labute approximate surface area is 186 Å². The predicted octanol–water partition coefficient (Wildman–Crippen LogP) is 4.14. The summed E-state index contributed by atoms with van der Waals surface area (Å²) in [5.41, 5.74) is 2.20. The van der Waals surface area contributed by atoms with Crippen LogP contribution in [0.4, 0.5) is 10.2 Å². The number of aromatic nitrogens is 3. The highest BCUT2D eigenvalue weighted by atomic mass is 19.1. The van der Waals surface area contributed by atoms with Crippen LogP contribution in [-0.2, 0) is 0 Å². The zero-order chi connectivity index (χ0) is 23.6. The lowest BCUT2D eigenvalue weighted by Gasteiger charge is -2.23. The molecule has 0 aliphatic rings. The van der Waals surface area contributed by atoms with Crippen LogP contribution in [0.5, 0.6) is 0 Å². The van der Waals surface area contributed by atoms with Crippen LogP contribution in [0, 0.1) is 18.2 Å². The van der Waals surface area contributed by atoms with E-state index in [0.717, 1.165) is 0 Å². The van der Waals surface area contributed by atoms with Gasteiger partial charge in [0.2, 0.25) is 0 Å². The van der Waals surface area contributed by atoms with E-state index in [1.807, 2.05) is 38.5 Å². The first-order valence-electron chi connectivity index (χ1n) is 10.3. The molecule has 0 atom stereocenters. The van der Waals surface area contributed by atoms with Gasteiger partial charge in [-0.1, -0.05) is 6.07 Å². The highest BCUT2D eigenvalue weighted by Gasteiger charge is 2.19. The number of hydrogen-bond acceptors (Lipinski definition) is 5. The molecule has 0 bridgehead atoms. The van der Waals surface area contributed by atoms with Crippen molar-refractivity contribution in [2.24, 2.45) is 5.84 Å². The Bertz CT molecular complexity index is 1150. The Hall–Kier alpha value is -3.59. The van der Waals surface area contributed by atoms with Crippen molar-refractivity contribution in [1.29, 1.82) is 5.41 Å². The second-order valence-corrected chi connectivity index (χ2v) is 8.16. The van der Waals surface area contributed by atoms with Gasteiger partial charge in [-0.25, -0.2) is 20.2 Å². The third-order valence-corrected chi connectivity index (χ3v) is 5.08. The van der Waals surface area contributed by atoms with E-state index in [9.17, 15) is 9.18 Å². The fourth-order valence-corrected chi connectivity index (χ4v) is 3.09. The van der Waals surface area contributed by atoms with Gasteiger partial charge in [0.15, 0.2) is 5.84 Å². The number of rotatable bonds is 6. The molecule has 2 aromatic heterocycles. The van der Waals surface area contributed by atoms with Crippen molar-refractivity contribution < 1.29 is 9.18 Å². The van der Waals surface area contributed by atoms with E-state index in [2.05, 4.69) is 15.3 Å². The molecule has 0 saturated heterocycles. The van der Waals surface area contributed by atoms with Gasteiger partial charge in [0.1, 0.15) is 17.3 Å². The van der Waals surface area contributed by atoms with E-state index >= 15 is 0 Å². The van der Waals surface area contributed by atoms with Crippen molar-refractivity contribution in [2.75, 3.05) is 5.32 Å². The topological polar surface area (TPSA) is 113 Å². The molecule has 2 heterocycles. The van der Waals surface area contributed by atoms with Gasteiger partial charge in [-0.15, -0.1) is 0 Å². The summed E-state index contributed by atoms with van der Waals surface area (Å²) in [6.07, 6.45) is 3.58. The number of nitrogens with zero attached hydrogens (tertiary/aromatic N) is 4. The van der Waals surface area contributed by atoms with E-state index in [1.54, 1.807) is 31.5 Å². The number of nitrogens with two attached hydrogens (primary N) is 1. The standard InChI is InChI=1S/C23H28FN7O/c1-13(2)30-11-20(27-12-30)16-10-17(18(24)9-15(16)5)23(32)29-21-8-6-7-19(28-21)22(25)31(26)14(3)4/h6-14,25H,26H2,1-5H3,(H,28,29,32). The van der Waals surface area contributed by atoms with Crippen molar-refractivity contribution >= 4 is 17.6 Å². The summed E-state index contributed by atoms with van der Waals surface area (Å²) < 4.78 is 16.6. The fourth-order valence-electron chi connectivity index (χ4n) is 3.09. The molecule has 3 rings (SSSR count). The van der Waals surface area contributed by atoms with Crippen LogP contribution in [0.1, 0.15) is 55.4 Å². The summed E-state index contributed by atoms with van der Waals surface area (Å²) in [5.74, 6) is 4.82. The molecular weight excluding hydrogens is 409 g/mol. The Kier molecular flexibility index (Phi) is 6.69. The van der Waals surface area contributed by atoms with Crippen molar-refractivity contribution in [2.45, 2.75) is 46.7 Å². The molecule has 0 unspecified atom stereocenters. The molecule has 168 valence electrons. The average Bonchev–Trinajstić information content (AvgIpc) is 3.23. The highest BCUT2D eigenvalue weighted by molar-refractivity contribution is 6.05. The molecule has 8 nitrogen and oxygen atoms in total. The molecule has 9 heteroatoms. The van der Waals surface area contributed by atoms with E-state index in [-0.39, 0.29) is 29.3 Å². The number of amides is 1. The Morgan fingerprint density at radius 3 is 2.59 bits per heavy atom. The fraction of sp³-hybridized carbons (Fsp3) is 0.304. The molecular formula is C23H28FN7O. The van der Waals surface area contributed by atoms with Gasteiger partial charge in [0.25, 0.3) is 5.91 Å². The van der Waals surface area contributed by atoms with Gasteiger partial charge in [0, 0.05) is 23.8 Å². The molecule has 0 radical (unpaired) electrons. The summed E-state index contributed by atoms with van der Waals surface area (Å²) in [7, 11) is 0. The molecule has 3 aromatic rings. The number of pyridine rings is 1. The molecule has 32 heavy (non-hydrogen) atoms. The number of hydrazine groups is 1. The summed E-state index contributed by atoms with van der Waals surface area (Å²) in [6.45, 7) is 9.55. The van der Waals surface area contributed by atoms with Crippen molar-refractivity contribution in [1.82, 2.24) is 19.5 Å². The predicted molar refractivity (Wildman–Crippen MR) is 123 cm³/mol. The number of amidine groups is 1. The number of benzene rings is 1. The van der Waals surface area contributed by atoms with Crippen molar-refractivity contribution in [3.63, 3.8) is 0 Å². The van der Waals surface area contributed by atoms with Crippen LogP contribution >= 0.6 is 0 Å². The number of aryl methyl sites for hydroxylation is 1. The lowest BCUT2D eigenvalue weighted by atomic mass is 10.0. The van der Waals surface area contributed by atoms with Crippen LogP contribution in [0.15, 0.2) is 42.9 Å². The van der Waals surface area contributed by atoms with Gasteiger partial charge >= 0.3 is 0 Å². The summed E-state index contributed by atoms with van der Waals surface area (Å²) in [5, 5.41) is 12.1. The molecule has 0 fully saturated rings. The quantitative estimate of drug-likeness (QED) is 0.232. The number of halogens is 1. The maximum atomic E-state index is 14.7. The van der Waals surface area contributed by atoms with Crippen LogP contribution in [0.3, 0.4) is 0 Å². The number of hydrogen-bond donors (Lipinski definition) is 3. The maximum Gasteiger partial charge on any atom is 0.259 e. The van der Waals surface area contributed by atoms with E-state index in [0.29, 0.717) is 22.5 Å². The summed E-state index contributed by atoms with van der Waals surface area (Å²) in [6, 6.07) is 7.81. The van der Waals surface area contributed by atoms with Crippen LogP contribution in [0.2, 0.25) is 0 Å². The van der Waals surface area contributed by atoms with Gasteiger partial charge in [-0.05, 0) is 64.4 Å². The minimum absolute atomic E-state index is 0.0145. The third kappa shape index (κ3) is 4.83. The van der Waals surface area contributed by atoms with Gasteiger partial charge in [0.05, 0.1) is 17.6 Å². The lowest BCUT2D eigenvalue weighted by Crippen LogP contribution is -2.43. The first-order valence-corrected chi connectivity index (χ1v) is 10.3. The first kappa shape index (κ1) is 23.1. The molecule has 4 N–H and O–H groups in total. The zero-order valence-corrected chi connectivity index (χ0v) is 18.8. The van der Waals surface area contributed by atoms with E-state index in [4.69, 9.17) is 11.3 Å². The van der Waals surface area contributed by atoms with Crippen molar-refractivity contribution in [3.8, 4) is 11.3 Å². The number of imidazole rings is 1. The maximum absolute atomic E-state index is 14.7. The second-order valence-electron chi connectivity index (χ2n) is 8.16. The number of carbonyl (C=O) groups excluding carboxylic acids is 1. The van der Waals surface area contributed by atoms with Crippen LogP contribution in [-0.4, -0.2) is 37.3 Å². The zero-order valence-electron chi connectivity index (χ0n) is 18.8. The third-order valence-electron chi connectivity index (χ3n) is 5.08. The van der Waals surface area contributed by atoms with Crippen LogP contribution in [0.25, 0.3) is 11.3 Å². The number of nitrogens with one attached hydrogen (secondary N) is 2. The van der Waals surface area contributed by atoms with Gasteiger partial charge in [-0.3, -0.25) is 15.2 Å². The Morgan fingerprint density at radius 1 is 1.25 bits per heavy atom. The molecule has 1 amide bonds. The lowest BCUT2D eigenvalue weighted by molar-refractivity contribution is 0.102. The minimum atomic E-state index is -0.642. The number of carbonyl (C=O) groups is 1. The van der Waals surface area contributed by atoms with E-state index in [1.165, 1.54) is 17.1 Å². The molecule has 0 saturated carbocycles. The normalized spacial score (nSPS) is 11.2. The summed E-state index contributed by atoms with van der Waals surface area (Å²) >= 11 is 0. The minimum Gasteiger partial charge on any atom is -0.334 e. The molecule has 0 spiro atoms. The molecule has 0 aliphatic carbocycles. The molecule has 0 aliphatic heterocycles. The Morgan fingerprint density at radius 2 is 1.97 bits per heavy atom. The summed E-state index contributed by atoms with van der Waals surface area (Å²) in [4.78, 5) is 21.5. The van der Waals surface area contributed by atoms with Gasteiger partial charge in [-0.2, -0.15) is 0 Å². The monoisotopic (exact) mass is 437 g/mol. The SMILES string of the molecule is Cc1cc(F)c(C(=O)Nc2cccc(C(=N)N(N)C(C)C)n2)cc1-c1cn(C(C)C)cn1. The Balaban J connectivity index is 1.88. The molecule has 1 aromatic carbocycles. The van der Waals surface area contributed by atoms with Gasteiger partial charge < -0.3 is 9.88 Å². The van der Waals surface area contributed by atoms with Crippen LogP contribution < -0.4 is 11.2 Å². The smallest absolute Gasteiger partial charge is 0.259 e. The largest absolute Gasteiger partial charge is 0.334 e. The highest BCUT2D eigenvalue weighted by Crippen LogP contribution is 2.26. The number of anilines is 1. The van der Waals surface area contributed by atoms with E-state index < -0.39 is 11.7 Å². The average molecular weight is 438 g/mol. The van der Waals surface area contributed by atoms with Crippen molar-refractivity contribution in [3.05, 3.63) is 65.5 Å². The second kappa shape index (κ2) is 9.27.